The summed E-state index contributed by atoms with van der Waals surface area (Å²) in [5.74, 6) is 1.01. The Morgan fingerprint density at radius 2 is 2.07 bits per heavy atom. The van der Waals surface area contributed by atoms with E-state index in [-0.39, 0.29) is 0 Å². The van der Waals surface area contributed by atoms with E-state index in [4.69, 9.17) is 0 Å². The van der Waals surface area contributed by atoms with Gasteiger partial charge in [-0.15, -0.1) is 0 Å². The zero-order valence-corrected chi connectivity index (χ0v) is 10.7. The maximum Gasteiger partial charge on any atom is 0.0121 e. The Labute approximate surface area is 95.0 Å². The third kappa shape index (κ3) is 2.75. The van der Waals surface area contributed by atoms with E-state index in [1.165, 1.54) is 44.9 Å². The molecule has 0 heterocycles. The van der Waals surface area contributed by atoms with Crippen molar-refractivity contribution in [2.75, 3.05) is 0 Å². The van der Waals surface area contributed by atoms with Gasteiger partial charge in [0.05, 0.1) is 0 Å². The molecule has 0 spiro atoms. The molecule has 2 rings (SSSR count). The van der Waals surface area contributed by atoms with Crippen LogP contribution in [0.3, 0.4) is 0 Å². The summed E-state index contributed by atoms with van der Waals surface area (Å²) in [6.07, 6.45) is 9.93. The van der Waals surface area contributed by atoms with Crippen LogP contribution in [0.25, 0.3) is 0 Å². The summed E-state index contributed by atoms with van der Waals surface area (Å²) in [6.45, 7) is 7.20. The largest absolute Gasteiger partial charge is 0.310 e. The predicted octanol–water partition coefficient (Wildman–Crippen LogP) is 3.73. The zero-order chi connectivity index (χ0) is 10.9. The summed E-state index contributed by atoms with van der Waals surface area (Å²) in [5, 5.41) is 3.92. The highest BCUT2D eigenvalue weighted by Crippen LogP contribution is 2.40. The average Bonchev–Trinajstić information content (AvgIpc) is 2.88. The van der Waals surface area contributed by atoms with Crippen molar-refractivity contribution in [2.45, 2.75) is 77.8 Å². The Hall–Kier alpha value is -0.0400. The van der Waals surface area contributed by atoms with Gasteiger partial charge in [0.15, 0.2) is 0 Å². The summed E-state index contributed by atoms with van der Waals surface area (Å²) < 4.78 is 0. The topological polar surface area (TPSA) is 12.0 Å². The minimum Gasteiger partial charge on any atom is -0.310 e. The van der Waals surface area contributed by atoms with Gasteiger partial charge < -0.3 is 5.32 Å². The quantitative estimate of drug-likeness (QED) is 0.744. The van der Waals surface area contributed by atoms with Gasteiger partial charge in [0.2, 0.25) is 0 Å². The van der Waals surface area contributed by atoms with Crippen LogP contribution in [0.2, 0.25) is 0 Å². The van der Waals surface area contributed by atoms with E-state index in [1.54, 1.807) is 0 Å². The molecule has 0 aromatic carbocycles. The van der Waals surface area contributed by atoms with Gasteiger partial charge in [0, 0.05) is 12.1 Å². The van der Waals surface area contributed by atoms with Crippen molar-refractivity contribution in [2.24, 2.45) is 11.3 Å². The normalized spacial score (nSPS) is 39.0. The molecule has 15 heavy (non-hydrogen) atoms. The molecule has 0 amide bonds. The Morgan fingerprint density at radius 1 is 1.27 bits per heavy atom. The van der Waals surface area contributed by atoms with E-state index in [9.17, 15) is 0 Å². The third-order valence-electron chi connectivity index (χ3n) is 4.50. The Morgan fingerprint density at radius 3 is 2.73 bits per heavy atom. The molecule has 88 valence electrons. The van der Waals surface area contributed by atoms with Crippen LogP contribution in [0.15, 0.2) is 0 Å². The van der Waals surface area contributed by atoms with Crippen molar-refractivity contribution in [3.8, 4) is 0 Å². The number of hydrogen-bond acceptors (Lipinski definition) is 1. The van der Waals surface area contributed by atoms with Crippen molar-refractivity contribution in [1.29, 1.82) is 0 Å². The van der Waals surface area contributed by atoms with Gasteiger partial charge >= 0.3 is 0 Å². The van der Waals surface area contributed by atoms with E-state index in [0.29, 0.717) is 5.41 Å². The van der Waals surface area contributed by atoms with E-state index in [2.05, 4.69) is 26.1 Å². The van der Waals surface area contributed by atoms with Crippen LogP contribution in [-0.4, -0.2) is 12.1 Å². The molecule has 0 aromatic rings. The summed E-state index contributed by atoms with van der Waals surface area (Å²) in [7, 11) is 0. The van der Waals surface area contributed by atoms with Crippen molar-refractivity contribution in [1.82, 2.24) is 5.32 Å². The lowest BCUT2D eigenvalue weighted by atomic mass is 9.73. The van der Waals surface area contributed by atoms with Gasteiger partial charge in [-0.25, -0.2) is 0 Å². The van der Waals surface area contributed by atoms with E-state index < -0.39 is 0 Å². The first-order valence-corrected chi connectivity index (χ1v) is 6.89. The molecular weight excluding hydrogens is 182 g/mol. The molecule has 0 radical (unpaired) electrons. The molecule has 2 aliphatic rings. The minimum absolute atomic E-state index is 0.539. The molecule has 3 atom stereocenters. The molecule has 0 saturated heterocycles. The van der Waals surface area contributed by atoms with Crippen molar-refractivity contribution < 1.29 is 0 Å². The van der Waals surface area contributed by atoms with E-state index >= 15 is 0 Å². The summed E-state index contributed by atoms with van der Waals surface area (Å²) in [5.41, 5.74) is 0.539. The molecule has 0 aromatic heterocycles. The van der Waals surface area contributed by atoms with Gasteiger partial charge in [-0.3, -0.25) is 0 Å². The van der Waals surface area contributed by atoms with Crippen LogP contribution in [0.4, 0.5) is 0 Å². The zero-order valence-electron chi connectivity index (χ0n) is 10.7. The van der Waals surface area contributed by atoms with Gasteiger partial charge in [-0.05, 0) is 37.0 Å². The summed E-state index contributed by atoms with van der Waals surface area (Å²) in [4.78, 5) is 0. The maximum absolute atomic E-state index is 3.92. The van der Waals surface area contributed by atoms with Crippen molar-refractivity contribution in [3.63, 3.8) is 0 Å². The smallest absolute Gasteiger partial charge is 0.0121 e. The lowest BCUT2D eigenvalue weighted by molar-refractivity contribution is 0.164. The average molecular weight is 209 g/mol. The van der Waals surface area contributed by atoms with Crippen LogP contribution in [0, 0.1) is 11.3 Å². The maximum atomic E-state index is 3.92. The van der Waals surface area contributed by atoms with Crippen molar-refractivity contribution in [3.05, 3.63) is 0 Å². The molecule has 0 aliphatic heterocycles. The highest BCUT2D eigenvalue weighted by molar-refractivity contribution is 4.98. The van der Waals surface area contributed by atoms with Gasteiger partial charge in [-0.2, -0.15) is 0 Å². The summed E-state index contributed by atoms with van der Waals surface area (Å²) in [6, 6.07) is 1.66. The van der Waals surface area contributed by atoms with Crippen LogP contribution in [0.5, 0.6) is 0 Å². The lowest BCUT2D eigenvalue weighted by Crippen LogP contribution is -2.45. The Balaban J connectivity index is 1.79. The van der Waals surface area contributed by atoms with Gasteiger partial charge in [-0.1, -0.05) is 40.0 Å². The number of nitrogens with one attached hydrogen (secondary N) is 1. The molecule has 0 bridgehead atoms. The molecule has 3 unspecified atom stereocenters. The van der Waals surface area contributed by atoms with Crippen LogP contribution in [0.1, 0.15) is 65.7 Å². The fourth-order valence-corrected chi connectivity index (χ4v) is 3.20. The lowest BCUT2D eigenvalue weighted by Gasteiger charge is -2.39. The first-order valence-electron chi connectivity index (χ1n) is 6.89. The first kappa shape index (κ1) is 11.4. The minimum atomic E-state index is 0.539. The monoisotopic (exact) mass is 209 g/mol. The fourth-order valence-electron chi connectivity index (χ4n) is 3.20. The highest BCUT2D eigenvalue weighted by atomic mass is 15.0. The summed E-state index contributed by atoms with van der Waals surface area (Å²) >= 11 is 0. The molecule has 1 N–H and O–H groups in total. The first-order chi connectivity index (χ1) is 7.13. The SMILES string of the molecule is CCCC1CC1NC1CCCCC1(C)C. The second kappa shape index (κ2) is 4.45. The van der Waals surface area contributed by atoms with Crippen LogP contribution < -0.4 is 5.32 Å². The molecule has 2 fully saturated rings. The second-order valence-corrected chi connectivity index (χ2v) is 6.34. The molecular formula is C14H27N. The number of rotatable bonds is 4. The standard InChI is InChI=1S/C14H27N/c1-4-7-11-10-12(11)15-13-8-5-6-9-14(13,2)3/h11-13,15H,4-10H2,1-3H3. The number of hydrogen-bond donors (Lipinski definition) is 1. The Bertz CT molecular complexity index is 209. The molecule has 1 nitrogen and oxygen atoms in total. The van der Waals surface area contributed by atoms with Crippen LogP contribution in [-0.2, 0) is 0 Å². The third-order valence-corrected chi connectivity index (χ3v) is 4.50. The van der Waals surface area contributed by atoms with E-state index in [0.717, 1.165) is 18.0 Å². The van der Waals surface area contributed by atoms with Gasteiger partial charge in [0.25, 0.3) is 0 Å². The molecule has 1 heteroatoms. The predicted molar refractivity (Wildman–Crippen MR) is 66.0 cm³/mol. The fraction of sp³-hybridized carbons (Fsp3) is 1.00. The Kier molecular flexibility index (Phi) is 3.39. The van der Waals surface area contributed by atoms with E-state index in [1.807, 2.05) is 0 Å². The molecule has 2 aliphatic carbocycles. The van der Waals surface area contributed by atoms with Crippen molar-refractivity contribution >= 4 is 0 Å². The molecule has 2 saturated carbocycles. The van der Waals surface area contributed by atoms with Crippen LogP contribution >= 0.6 is 0 Å². The second-order valence-electron chi connectivity index (χ2n) is 6.34. The van der Waals surface area contributed by atoms with Gasteiger partial charge in [0.1, 0.15) is 0 Å². The highest BCUT2D eigenvalue weighted by Gasteiger charge is 2.41.